The van der Waals surface area contributed by atoms with Crippen LogP contribution in [0.2, 0.25) is 0 Å². The van der Waals surface area contributed by atoms with Crippen molar-refractivity contribution in [3.63, 3.8) is 0 Å². The first-order valence-corrected chi connectivity index (χ1v) is 8.79. The van der Waals surface area contributed by atoms with Crippen molar-refractivity contribution in [2.24, 2.45) is 0 Å². The van der Waals surface area contributed by atoms with Gasteiger partial charge in [-0.25, -0.2) is 9.59 Å². The number of fused-ring (bicyclic) bond motifs is 1. The zero-order valence-electron chi connectivity index (χ0n) is 16.0. The first-order valence-electron chi connectivity index (χ1n) is 8.79. The predicted octanol–water partition coefficient (Wildman–Crippen LogP) is 1.09. The van der Waals surface area contributed by atoms with Gasteiger partial charge in [0, 0.05) is 6.08 Å². The number of esters is 2. The molecule has 0 aromatic heterocycles. The lowest BCUT2D eigenvalue weighted by Crippen LogP contribution is -2.47. The number of hydrogen-bond donors (Lipinski definition) is 1. The number of methoxy groups -OCH3 is 1. The summed E-state index contributed by atoms with van der Waals surface area (Å²) in [5, 5.41) is 2.29. The molecule has 0 spiro atoms. The van der Waals surface area contributed by atoms with Gasteiger partial charge in [0.15, 0.2) is 11.5 Å². The second-order valence-electron chi connectivity index (χ2n) is 5.53. The number of hydrogen-bond acceptors (Lipinski definition) is 8. The number of carbonyl (C=O) groups excluding carboxylic acids is 3. The minimum atomic E-state index is -1.54. The van der Waals surface area contributed by atoms with Crippen molar-refractivity contribution in [1.82, 2.24) is 5.32 Å². The van der Waals surface area contributed by atoms with Gasteiger partial charge in [-0.05, 0) is 37.6 Å². The maximum atomic E-state index is 12.2. The van der Waals surface area contributed by atoms with Crippen LogP contribution in [-0.2, 0) is 23.9 Å². The van der Waals surface area contributed by atoms with Crippen LogP contribution in [0, 0.1) is 0 Å². The number of ether oxygens (including phenoxy) is 5. The Morgan fingerprint density at radius 2 is 1.75 bits per heavy atom. The van der Waals surface area contributed by atoms with Crippen LogP contribution in [-0.4, -0.2) is 57.4 Å². The van der Waals surface area contributed by atoms with Crippen molar-refractivity contribution in [3.8, 4) is 17.2 Å². The van der Waals surface area contributed by atoms with Gasteiger partial charge in [0.25, 0.3) is 0 Å². The Balaban J connectivity index is 2.13. The molecule has 1 aliphatic rings. The second-order valence-corrected chi connectivity index (χ2v) is 5.53. The predicted molar refractivity (Wildman–Crippen MR) is 98.2 cm³/mol. The zero-order chi connectivity index (χ0) is 20.5. The summed E-state index contributed by atoms with van der Waals surface area (Å²) in [6.07, 6.45) is 2.67. The van der Waals surface area contributed by atoms with Crippen LogP contribution < -0.4 is 19.5 Å². The lowest BCUT2D eigenvalue weighted by Gasteiger charge is -2.21. The molecular weight excluding hydrogens is 370 g/mol. The van der Waals surface area contributed by atoms with Crippen LogP contribution in [0.15, 0.2) is 18.2 Å². The highest BCUT2D eigenvalue weighted by atomic mass is 16.6. The number of nitrogens with one attached hydrogen (secondary N) is 1. The summed E-state index contributed by atoms with van der Waals surface area (Å²) in [6.45, 7) is 4.15. The van der Waals surface area contributed by atoms with E-state index in [4.69, 9.17) is 23.7 Å². The molecule has 1 aliphatic heterocycles. The third-order valence-electron chi connectivity index (χ3n) is 3.61. The Bertz CT molecular complexity index is 723. The quantitative estimate of drug-likeness (QED) is 0.397. The molecule has 0 atom stereocenters. The Hall–Kier alpha value is -3.23. The summed E-state index contributed by atoms with van der Waals surface area (Å²) in [5.74, 6) is -0.970. The first-order chi connectivity index (χ1) is 13.5. The third kappa shape index (κ3) is 5.38. The average Bonchev–Trinajstić information content (AvgIpc) is 2.70. The number of amides is 1. The van der Waals surface area contributed by atoms with Gasteiger partial charge in [-0.3, -0.25) is 4.79 Å². The minimum Gasteiger partial charge on any atom is -0.493 e. The van der Waals surface area contributed by atoms with E-state index in [1.165, 1.54) is 19.3 Å². The molecule has 0 saturated heterocycles. The zero-order valence-corrected chi connectivity index (χ0v) is 16.0. The van der Waals surface area contributed by atoms with Crippen LogP contribution in [0.3, 0.4) is 0 Å². The fraction of sp³-hybridized carbons (Fsp3) is 0.421. The van der Waals surface area contributed by atoms with Crippen molar-refractivity contribution in [2.45, 2.75) is 19.9 Å². The van der Waals surface area contributed by atoms with Crippen molar-refractivity contribution in [1.29, 1.82) is 0 Å². The van der Waals surface area contributed by atoms with E-state index in [-0.39, 0.29) is 13.2 Å². The van der Waals surface area contributed by atoms with E-state index in [0.29, 0.717) is 36.0 Å². The van der Waals surface area contributed by atoms with Crippen LogP contribution in [0.1, 0.15) is 19.4 Å². The minimum absolute atomic E-state index is 0.0669. The van der Waals surface area contributed by atoms with E-state index in [2.05, 4.69) is 5.32 Å². The van der Waals surface area contributed by atoms with E-state index >= 15 is 0 Å². The fourth-order valence-electron chi connectivity index (χ4n) is 2.42. The molecule has 2 rings (SSSR count). The molecule has 9 heteroatoms. The monoisotopic (exact) mass is 393 g/mol. The van der Waals surface area contributed by atoms with Gasteiger partial charge in [-0.15, -0.1) is 0 Å². The molecule has 0 unspecified atom stereocenters. The van der Waals surface area contributed by atoms with Crippen LogP contribution in [0.4, 0.5) is 0 Å². The van der Waals surface area contributed by atoms with Crippen LogP contribution in [0.5, 0.6) is 17.2 Å². The van der Waals surface area contributed by atoms with Crippen molar-refractivity contribution >= 4 is 23.9 Å². The lowest BCUT2D eigenvalue weighted by atomic mass is 10.1. The molecule has 152 valence electrons. The third-order valence-corrected chi connectivity index (χ3v) is 3.61. The van der Waals surface area contributed by atoms with E-state index in [1.807, 2.05) is 0 Å². The molecule has 9 nitrogen and oxygen atoms in total. The molecule has 1 N–H and O–H groups in total. The van der Waals surface area contributed by atoms with Crippen molar-refractivity contribution in [2.75, 3.05) is 33.5 Å². The average molecular weight is 393 g/mol. The highest BCUT2D eigenvalue weighted by Crippen LogP contribution is 2.40. The summed E-state index contributed by atoms with van der Waals surface area (Å²) < 4.78 is 25.9. The van der Waals surface area contributed by atoms with Crippen LogP contribution in [0.25, 0.3) is 6.08 Å². The smallest absolute Gasteiger partial charge is 0.340 e. The van der Waals surface area contributed by atoms with Gasteiger partial charge in [0.05, 0.1) is 20.3 Å². The van der Waals surface area contributed by atoms with Gasteiger partial charge in [-0.1, -0.05) is 0 Å². The molecule has 0 aliphatic carbocycles. The molecular formula is C19H23NO8. The topological polar surface area (TPSA) is 109 Å². The summed E-state index contributed by atoms with van der Waals surface area (Å²) in [6, 6.07) is 1.83. The number of carbonyl (C=O) groups is 3. The summed E-state index contributed by atoms with van der Waals surface area (Å²) >= 11 is 0. The molecule has 1 amide bonds. The molecule has 0 fully saturated rings. The Kier molecular flexibility index (Phi) is 7.67. The van der Waals surface area contributed by atoms with E-state index in [0.717, 1.165) is 0 Å². The Labute approximate surface area is 162 Å². The Morgan fingerprint density at radius 1 is 1.11 bits per heavy atom. The number of benzene rings is 1. The highest BCUT2D eigenvalue weighted by Gasteiger charge is 2.30. The van der Waals surface area contributed by atoms with Gasteiger partial charge in [0.2, 0.25) is 17.7 Å². The second kappa shape index (κ2) is 10.2. The number of rotatable bonds is 8. The van der Waals surface area contributed by atoms with E-state index in [1.54, 1.807) is 26.0 Å². The molecule has 28 heavy (non-hydrogen) atoms. The summed E-state index contributed by atoms with van der Waals surface area (Å²) in [7, 11) is 1.50. The highest BCUT2D eigenvalue weighted by molar-refractivity contribution is 6.04. The van der Waals surface area contributed by atoms with Gasteiger partial charge < -0.3 is 29.0 Å². The summed E-state index contributed by atoms with van der Waals surface area (Å²) in [5.41, 5.74) is 0.611. The molecule has 0 radical (unpaired) electrons. The Morgan fingerprint density at radius 3 is 2.36 bits per heavy atom. The van der Waals surface area contributed by atoms with E-state index in [9.17, 15) is 14.4 Å². The standard InChI is InChI=1S/C19H23NO8/c1-4-25-18(22)16(19(23)26-5-2)20-15(21)7-6-12-10-13(24-3)17-14(11-12)27-8-9-28-17/h6-7,10-11,16H,4-5,8-9H2,1-3H3,(H,20,21). The SMILES string of the molecule is CCOC(=O)C(NC(=O)C=Cc1cc(OC)c2c(c1)OCCO2)C(=O)OCC. The fourth-order valence-corrected chi connectivity index (χ4v) is 2.42. The largest absolute Gasteiger partial charge is 0.493 e. The van der Waals surface area contributed by atoms with Crippen molar-refractivity contribution in [3.05, 3.63) is 23.8 Å². The maximum Gasteiger partial charge on any atom is 0.340 e. The van der Waals surface area contributed by atoms with Crippen LogP contribution >= 0.6 is 0 Å². The lowest BCUT2D eigenvalue weighted by molar-refractivity contribution is -0.159. The van der Waals surface area contributed by atoms with Gasteiger partial charge in [-0.2, -0.15) is 0 Å². The normalized spacial score (nSPS) is 12.6. The van der Waals surface area contributed by atoms with Crippen molar-refractivity contribution < 1.29 is 38.1 Å². The van der Waals surface area contributed by atoms with E-state index < -0.39 is 23.9 Å². The van der Waals surface area contributed by atoms with Gasteiger partial charge >= 0.3 is 11.9 Å². The first kappa shape index (κ1) is 21.1. The molecule has 1 heterocycles. The molecule has 1 aromatic carbocycles. The maximum absolute atomic E-state index is 12.2. The molecule has 0 bridgehead atoms. The summed E-state index contributed by atoms with van der Waals surface area (Å²) in [4.78, 5) is 36.0. The van der Waals surface area contributed by atoms with Gasteiger partial charge in [0.1, 0.15) is 13.2 Å². The molecule has 0 saturated carbocycles. The molecule has 1 aromatic rings.